The van der Waals surface area contributed by atoms with Gasteiger partial charge in [-0.1, -0.05) is 0 Å². The molecular formula is C10H7IN2O3. The second kappa shape index (κ2) is 4.20. The number of benzene rings is 1. The zero-order valence-electron chi connectivity index (χ0n) is 8.05. The smallest absolute Gasteiger partial charge is 0.323 e. The van der Waals surface area contributed by atoms with Crippen molar-refractivity contribution in [3.05, 3.63) is 38.5 Å². The Morgan fingerprint density at radius 1 is 1.50 bits per heavy atom. The molecule has 0 fully saturated rings. The van der Waals surface area contributed by atoms with Crippen LogP contribution in [-0.2, 0) is 11.3 Å². The third-order valence-electron chi connectivity index (χ3n) is 2.09. The normalized spacial score (nSPS) is 10.6. The molecule has 16 heavy (non-hydrogen) atoms. The van der Waals surface area contributed by atoms with Crippen molar-refractivity contribution < 1.29 is 9.90 Å². The highest BCUT2D eigenvalue weighted by Crippen LogP contribution is 2.11. The molecule has 0 aliphatic heterocycles. The molecule has 0 bridgehead atoms. The molecular weight excluding hydrogens is 323 g/mol. The van der Waals surface area contributed by atoms with Gasteiger partial charge in [-0.2, -0.15) is 0 Å². The largest absolute Gasteiger partial charge is 0.480 e. The van der Waals surface area contributed by atoms with Crippen LogP contribution in [0.2, 0.25) is 0 Å². The van der Waals surface area contributed by atoms with Crippen LogP contribution in [0.4, 0.5) is 0 Å². The van der Waals surface area contributed by atoms with E-state index < -0.39 is 5.97 Å². The zero-order valence-corrected chi connectivity index (χ0v) is 10.2. The van der Waals surface area contributed by atoms with E-state index in [1.54, 1.807) is 12.1 Å². The van der Waals surface area contributed by atoms with Crippen molar-refractivity contribution in [2.75, 3.05) is 0 Å². The van der Waals surface area contributed by atoms with E-state index in [1.807, 2.05) is 6.07 Å². The summed E-state index contributed by atoms with van der Waals surface area (Å²) in [5.41, 5.74) is 0.248. The van der Waals surface area contributed by atoms with Crippen molar-refractivity contribution in [2.45, 2.75) is 6.54 Å². The first kappa shape index (κ1) is 11.1. The Balaban J connectivity index is 2.68. The minimum Gasteiger partial charge on any atom is -0.480 e. The molecule has 1 N–H and O–H groups in total. The molecule has 0 amide bonds. The molecule has 0 aliphatic carbocycles. The second-order valence-electron chi connectivity index (χ2n) is 3.23. The van der Waals surface area contributed by atoms with E-state index in [1.165, 1.54) is 6.33 Å². The summed E-state index contributed by atoms with van der Waals surface area (Å²) in [4.78, 5) is 26.4. The number of halogens is 1. The van der Waals surface area contributed by atoms with Crippen LogP contribution in [0.1, 0.15) is 0 Å². The van der Waals surface area contributed by atoms with Crippen LogP contribution in [0.15, 0.2) is 29.3 Å². The minimum absolute atomic E-state index is 0.328. The van der Waals surface area contributed by atoms with Gasteiger partial charge in [0, 0.05) is 3.57 Å². The van der Waals surface area contributed by atoms with Crippen LogP contribution in [0, 0.1) is 3.57 Å². The van der Waals surface area contributed by atoms with Crippen molar-refractivity contribution >= 4 is 39.5 Å². The van der Waals surface area contributed by atoms with Gasteiger partial charge in [-0.25, -0.2) is 4.98 Å². The number of carbonyl (C=O) groups is 1. The van der Waals surface area contributed by atoms with Gasteiger partial charge in [-0.15, -0.1) is 0 Å². The standard InChI is InChI=1S/C10H7IN2O3/c11-6-1-2-8-7(3-6)10(16)13(5-12-8)4-9(14)15/h1-3,5H,4H2,(H,14,15). The molecule has 6 heteroatoms. The summed E-state index contributed by atoms with van der Waals surface area (Å²) in [6.45, 7) is -0.368. The van der Waals surface area contributed by atoms with Gasteiger partial charge in [0.1, 0.15) is 6.54 Å². The van der Waals surface area contributed by atoms with Crippen molar-refractivity contribution in [3.63, 3.8) is 0 Å². The van der Waals surface area contributed by atoms with E-state index in [4.69, 9.17) is 5.11 Å². The molecule has 2 rings (SSSR count). The maximum Gasteiger partial charge on any atom is 0.323 e. The highest BCUT2D eigenvalue weighted by Gasteiger charge is 2.06. The summed E-state index contributed by atoms with van der Waals surface area (Å²) in [5.74, 6) is -1.06. The maximum atomic E-state index is 11.9. The maximum absolute atomic E-state index is 11.9. The summed E-state index contributed by atoms with van der Waals surface area (Å²) in [6, 6.07) is 5.28. The molecule has 1 aromatic carbocycles. The number of rotatable bonds is 2. The van der Waals surface area contributed by atoms with Gasteiger partial charge in [0.25, 0.3) is 5.56 Å². The van der Waals surface area contributed by atoms with Gasteiger partial charge in [0.2, 0.25) is 0 Å². The van der Waals surface area contributed by atoms with E-state index in [0.29, 0.717) is 10.9 Å². The van der Waals surface area contributed by atoms with Crippen molar-refractivity contribution in [1.82, 2.24) is 9.55 Å². The van der Waals surface area contributed by atoms with Crippen molar-refractivity contribution in [2.24, 2.45) is 0 Å². The van der Waals surface area contributed by atoms with Crippen molar-refractivity contribution in [3.8, 4) is 0 Å². The van der Waals surface area contributed by atoms with E-state index in [0.717, 1.165) is 8.14 Å². The van der Waals surface area contributed by atoms with Crippen molar-refractivity contribution in [1.29, 1.82) is 0 Å². The van der Waals surface area contributed by atoms with Gasteiger partial charge < -0.3 is 5.11 Å². The Morgan fingerprint density at radius 2 is 2.25 bits per heavy atom. The number of hydrogen-bond donors (Lipinski definition) is 1. The summed E-state index contributed by atoms with van der Waals surface area (Å²) >= 11 is 2.09. The molecule has 0 spiro atoms. The molecule has 0 saturated carbocycles. The predicted octanol–water partition coefficient (Wildman–Crippen LogP) is 1.09. The van der Waals surface area contributed by atoms with Crippen LogP contribution in [0.3, 0.4) is 0 Å². The quantitative estimate of drug-likeness (QED) is 0.837. The van der Waals surface area contributed by atoms with Gasteiger partial charge >= 0.3 is 5.97 Å². The lowest BCUT2D eigenvalue weighted by Gasteiger charge is -2.03. The van der Waals surface area contributed by atoms with E-state index in [2.05, 4.69) is 27.6 Å². The third-order valence-corrected chi connectivity index (χ3v) is 2.76. The second-order valence-corrected chi connectivity index (χ2v) is 4.48. The monoisotopic (exact) mass is 330 g/mol. The Bertz CT molecular complexity index is 621. The number of hydrogen-bond acceptors (Lipinski definition) is 3. The lowest BCUT2D eigenvalue weighted by Crippen LogP contribution is -2.24. The Kier molecular flexibility index (Phi) is 2.90. The molecule has 0 saturated heterocycles. The highest BCUT2D eigenvalue weighted by atomic mass is 127. The van der Waals surface area contributed by atoms with Crippen LogP contribution in [-0.4, -0.2) is 20.6 Å². The third kappa shape index (κ3) is 2.06. The Morgan fingerprint density at radius 3 is 2.94 bits per heavy atom. The molecule has 0 unspecified atom stereocenters. The molecule has 82 valence electrons. The molecule has 0 radical (unpaired) electrons. The van der Waals surface area contributed by atoms with Crippen LogP contribution in [0.5, 0.6) is 0 Å². The summed E-state index contributed by atoms with van der Waals surface area (Å²) < 4.78 is 2.00. The van der Waals surface area contributed by atoms with Gasteiger partial charge in [-0.05, 0) is 40.8 Å². The zero-order chi connectivity index (χ0) is 11.7. The molecule has 0 atom stereocenters. The Labute approximate surface area is 104 Å². The van der Waals surface area contributed by atoms with Gasteiger partial charge in [-0.3, -0.25) is 14.2 Å². The fraction of sp³-hybridized carbons (Fsp3) is 0.100. The number of fused-ring (bicyclic) bond motifs is 1. The molecule has 0 aliphatic rings. The van der Waals surface area contributed by atoms with E-state index in [-0.39, 0.29) is 12.1 Å². The molecule has 1 heterocycles. The number of nitrogens with zero attached hydrogens (tertiary/aromatic N) is 2. The number of aromatic nitrogens is 2. The summed E-state index contributed by atoms with van der Waals surface area (Å²) in [5, 5.41) is 9.07. The molecule has 2 aromatic rings. The summed E-state index contributed by atoms with van der Waals surface area (Å²) in [6.07, 6.45) is 1.26. The lowest BCUT2D eigenvalue weighted by molar-refractivity contribution is -0.137. The number of carboxylic acid groups (broad SMARTS) is 1. The van der Waals surface area contributed by atoms with Crippen LogP contribution >= 0.6 is 22.6 Å². The fourth-order valence-corrected chi connectivity index (χ4v) is 1.88. The van der Waals surface area contributed by atoms with Gasteiger partial charge in [0.15, 0.2) is 0 Å². The highest BCUT2D eigenvalue weighted by molar-refractivity contribution is 14.1. The topological polar surface area (TPSA) is 72.2 Å². The molecule has 1 aromatic heterocycles. The average Bonchev–Trinajstić information content (AvgIpc) is 2.22. The SMILES string of the molecule is O=C(O)Cn1cnc2ccc(I)cc2c1=O. The molecule has 5 nitrogen and oxygen atoms in total. The first-order valence-corrected chi connectivity index (χ1v) is 5.52. The minimum atomic E-state index is -1.06. The fourth-order valence-electron chi connectivity index (χ4n) is 1.39. The Hall–Kier alpha value is -1.44. The number of carboxylic acids is 1. The van der Waals surface area contributed by atoms with Crippen LogP contribution in [0.25, 0.3) is 10.9 Å². The number of aliphatic carboxylic acids is 1. The lowest BCUT2D eigenvalue weighted by atomic mass is 10.2. The predicted molar refractivity (Wildman–Crippen MR) is 66.4 cm³/mol. The average molecular weight is 330 g/mol. The first-order valence-electron chi connectivity index (χ1n) is 4.44. The van der Waals surface area contributed by atoms with Gasteiger partial charge in [0.05, 0.1) is 17.2 Å². The summed E-state index contributed by atoms with van der Waals surface area (Å²) in [7, 11) is 0. The van der Waals surface area contributed by atoms with Crippen LogP contribution < -0.4 is 5.56 Å². The van der Waals surface area contributed by atoms with E-state index in [9.17, 15) is 9.59 Å². The van der Waals surface area contributed by atoms with E-state index >= 15 is 0 Å². The first-order chi connectivity index (χ1) is 7.58.